The number of nitrogens with one attached hydrogen (secondary N) is 1. The molecular formula is C10H17N3. The molecule has 1 aromatic heterocycles. The lowest BCUT2D eigenvalue weighted by Crippen LogP contribution is -2.24. The lowest BCUT2D eigenvalue weighted by atomic mass is 9.94. The Hall–Kier alpha value is -0.830. The zero-order valence-electron chi connectivity index (χ0n) is 8.38. The van der Waals surface area contributed by atoms with E-state index in [1.54, 1.807) is 0 Å². The van der Waals surface area contributed by atoms with Crippen LogP contribution in [0.3, 0.4) is 0 Å². The van der Waals surface area contributed by atoms with Crippen molar-refractivity contribution in [2.24, 2.45) is 0 Å². The highest BCUT2D eigenvalue weighted by Gasteiger charge is 2.21. The van der Waals surface area contributed by atoms with Crippen LogP contribution in [-0.4, -0.2) is 23.1 Å². The average molecular weight is 179 g/mol. The van der Waals surface area contributed by atoms with E-state index < -0.39 is 0 Å². The Kier molecular flexibility index (Phi) is 2.36. The van der Waals surface area contributed by atoms with Gasteiger partial charge in [-0.05, 0) is 26.8 Å². The molecule has 0 fully saturated rings. The van der Waals surface area contributed by atoms with Gasteiger partial charge < -0.3 is 9.88 Å². The van der Waals surface area contributed by atoms with Gasteiger partial charge in [-0.15, -0.1) is 0 Å². The highest BCUT2D eigenvalue weighted by atomic mass is 15.1. The van der Waals surface area contributed by atoms with Crippen molar-refractivity contribution in [1.29, 1.82) is 0 Å². The lowest BCUT2D eigenvalue weighted by Gasteiger charge is -2.24. The fourth-order valence-corrected chi connectivity index (χ4v) is 2.29. The van der Waals surface area contributed by atoms with Gasteiger partial charge in [0.15, 0.2) is 0 Å². The molecule has 2 rings (SSSR count). The highest BCUT2D eigenvalue weighted by Crippen LogP contribution is 2.28. The van der Waals surface area contributed by atoms with Gasteiger partial charge in [-0.2, -0.15) is 0 Å². The number of nitrogens with zero attached hydrogens (tertiary/aromatic N) is 2. The molecule has 0 radical (unpaired) electrons. The molecule has 1 N–H and O–H groups in total. The molecule has 0 aromatic carbocycles. The Bertz CT molecular complexity index is 290. The van der Waals surface area contributed by atoms with Crippen molar-refractivity contribution >= 4 is 0 Å². The topological polar surface area (TPSA) is 29.9 Å². The summed E-state index contributed by atoms with van der Waals surface area (Å²) in [6.07, 6.45) is 4.56. The van der Waals surface area contributed by atoms with Crippen molar-refractivity contribution < 1.29 is 0 Å². The largest absolute Gasteiger partial charge is 0.334 e. The van der Waals surface area contributed by atoms with Gasteiger partial charge in [-0.1, -0.05) is 0 Å². The molecule has 1 aliphatic rings. The Morgan fingerprint density at radius 1 is 1.69 bits per heavy atom. The second-order valence-electron chi connectivity index (χ2n) is 3.81. The molecular weight excluding hydrogens is 162 g/mol. The maximum Gasteiger partial charge on any atom is 0.0951 e. The molecule has 0 saturated carbocycles. The van der Waals surface area contributed by atoms with Crippen molar-refractivity contribution in [3.8, 4) is 0 Å². The van der Waals surface area contributed by atoms with Crippen LogP contribution in [0.25, 0.3) is 0 Å². The third kappa shape index (κ3) is 1.48. The summed E-state index contributed by atoms with van der Waals surface area (Å²) in [5, 5.41) is 3.25. The summed E-state index contributed by atoms with van der Waals surface area (Å²) in [5.41, 5.74) is 2.65. The molecule has 1 aliphatic heterocycles. The van der Waals surface area contributed by atoms with Crippen LogP contribution in [0.1, 0.15) is 30.1 Å². The van der Waals surface area contributed by atoms with E-state index in [1.807, 2.05) is 13.4 Å². The Morgan fingerprint density at radius 3 is 3.31 bits per heavy atom. The third-order valence-corrected chi connectivity index (χ3v) is 2.86. The van der Waals surface area contributed by atoms with E-state index in [-0.39, 0.29) is 0 Å². The number of aryl methyl sites for hydroxylation is 2. The van der Waals surface area contributed by atoms with Gasteiger partial charge >= 0.3 is 0 Å². The van der Waals surface area contributed by atoms with Crippen LogP contribution in [0.5, 0.6) is 0 Å². The Balaban J connectivity index is 2.29. The minimum atomic E-state index is 0.668. The van der Waals surface area contributed by atoms with Crippen molar-refractivity contribution in [1.82, 2.24) is 14.9 Å². The average Bonchev–Trinajstić information content (AvgIpc) is 2.50. The SMILES string of the molecule is CNCC1CCCn2cnc(C)c21. The number of rotatable bonds is 2. The summed E-state index contributed by atoms with van der Waals surface area (Å²) in [4.78, 5) is 4.37. The summed E-state index contributed by atoms with van der Waals surface area (Å²) in [7, 11) is 2.02. The van der Waals surface area contributed by atoms with E-state index in [9.17, 15) is 0 Å². The van der Waals surface area contributed by atoms with Gasteiger partial charge in [0.25, 0.3) is 0 Å². The summed E-state index contributed by atoms with van der Waals surface area (Å²) < 4.78 is 2.31. The second-order valence-corrected chi connectivity index (χ2v) is 3.81. The van der Waals surface area contributed by atoms with Crippen LogP contribution >= 0.6 is 0 Å². The second kappa shape index (κ2) is 3.50. The summed E-state index contributed by atoms with van der Waals surface area (Å²) in [5.74, 6) is 0.668. The monoisotopic (exact) mass is 179 g/mol. The third-order valence-electron chi connectivity index (χ3n) is 2.86. The smallest absolute Gasteiger partial charge is 0.0951 e. The first-order valence-electron chi connectivity index (χ1n) is 4.99. The molecule has 3 heteroatoms. The van der Waals surface area contributed by atoms with E-state index >= 15 is 0 Å². The zero-order valence-corrected chi connectivity index (χ0v) is 8.38. The molecule has 72 valence electrons. The van der Waals surface area contributed by atoms with Crippen LogP contribution in [0.15, 0.2) is 6.33 Å². The van der Waals surface area contributed by atoms with Crippen LogP contribution in [0, 0.1) is 6.92 Å². The van der Waals surface area contributed by atoms with Crippen molar-refractivity contribution in [3.63, 3.8) is 0 Å². The summed E-state index contributed by atoms with van der Waals surface area (Å²) >= 11 is 0. The molecule has 0 saturated heterocycles. The van der Waals surface area contributed by atoms with Gasteiger partial charge in [0.1, 0.15) is 0 Å². The van der Waals surface area contributed by atoms with E-state index in [0.29, 0.717) is 5.92 Å². The zero-order chi connectivity index (χ0) is 9.26. The fourth-order valence-electron chi connectivity index (χ4n) is 2.29. The number of likely N-dealkylation sites (N-methyl/N-ethyl adjacent to an activating group) is 1. The van der Waals surface area contributed by atoms with Crippen LogP contribution < -0.4 is 5.32 Å². The first-order valence-corrected chi connectivity index (χ1v) is 4.99. The first-order chi connectivity index (χ1) is 6.33. The molecule has 0 bridgehead atoms. The number of hydrogen-bond donors (Lipinski definition) is 1. The van der Waals surface area contributed by atoms with Crippen LogP contribution in [-0.2, 0) is 6.54 Å². The number of imidazole rings is 1. The van der Waals surface area contributed by atoms with Gasteiger partial charge in [0.2, 0.25) is 0 Å². The van der Waals surface area contributed by atoms with Gasteiger partial charge in [0, 0.05) is 24.7 Å². The Morgan fingerprint density at radius 2 is 2.54 bits per heavy atom. The molecule has 2 heterocycles. The molecule has 1 unspecified atom stereocenters. The van der Waals surface area contributed by atoms with E-state index in [4.69, 9.17) is 0 Å². The Labute approximate surface area is 79.2 Å². The quantitative estimate of drug-likeness (QED) is 0.741. The van der Waals surface area contributed by atoms with Gasteiger partial charge in [-0.3, -0.25) is 0 Å². The summed E-state index contributed by atoms with van der Waals surface area (Å²) in [6.45, 7) is 4.34. The highest BCUT2D eigenvalue weighted by molar-refractivity contribution is 5.18. The van der Waals surface area contributed by atoms with Crippen molar-refractivity contribution in [2.75, 3.05) is 13.6 Å². The molecule has 13 heavy (non-hydrogen) atoms. The number of fused-ring (bicyclic) bond motifs is 1. The maximum absolute atomic E-state index is 4.37. The van der Waals surface area contributed by atoms with E-state index in [1.165, 1.54) is 24.2 Å². The molecule has 0 aliphatic carbocycles. The lowest BCUT2D eigenvalue weighted by molar-refractivity contribution is 0.441. The molecule has 1 aromatic rings. The summed E-state index contributed by atoms with van der Waals surface area (Å²) in [6, 6.07) is 0. The molecule has 0 spiro atoms. The molecule has 3 nitrogen and oxygen atoms in total. The van der Waals surface area contributed by atoms with E-state index in [2.05, 4.69) is 21.8 Å². The predicted octanol–water partition coefficient (Wildman–Crippen LogP) is 1.29. The maximum atomic E-state index is 4.37. The minimum Gasteiger partial charge on any atom is -0.334 e. The normalized spacial score (nSPS) is 21.5. The van der Waals surface area contributed by atoms with Crippen LogP contribution in [0.4, 0.5) is 0 Å². The number of aromatic nitrogens is 2. The van der Waals surface area contributed by atoms with Crippen molar-refractivity contribution in [2.45, 2.75) is 32.2 Å². The standard InChI is InChI=1S/C10H17N3/c1-8-10-9(6-11-2)4-3-5-13(10)7-12-8/h7,9,11H,3-6H2,1-2H3. The number of hydrogen-bond acceptors (Lipinski definition) is 2. The van der Waals surface area contributed by atoms with Gasteiger partial charge in [-0.25, -0.2) is 4.98 Å². The van der Waals surface area contributed by atoms with Crippen LogP contribution in [0.2, 0.25) is 0 Å². The molecule has 1 atom stereocenters. The first kappa shape index (κ1) is 8.75. The van der Waals surface area contributed by atoms with E-state index in [0.717, 1.165) is 13.1 Å². The minimum absolute atomic E-state index is 0.668. The fraction of sp³-hybridized carbons (Fsp3) is 0.700. The molecule has 0 amide bonds. The van der Waals surface area contributed by atoms with Crippen molar-refractivity contribution in [3.05, 3.63) is 17.7 Å². The van der Waals surface area contributed by atoms with Gasteiger partial charge in [0.05, 0.1) is 12.0 Å². The predicted molar refractivity (Wildman–Crippen MR) is 52.9 cm³/mol.